The van der Waals surface area contributed by atoms with Gasteiger partial charge in [0.05, 0.1) is 5.56 Å². The summed E-state index contributed by atoms with van der Waals surface area (Å²) in [6, 6.07) is 1.20. The van der Waals surface area contributed by atoms with Crippen LogP contribution in [0.1, 0.15) is 41.9 Å². The Morgan fingerprint density at radius 1 is 1.53 bits per heavy atom. The number of carboxylic acid groups (broad SMARTS) is 1. The molecule has 1 aliphatic carbocycles. The van der Waals surface area contributed by atoms with Gasteiger partial charge in [0, 0.05) is 11.8 Å². The van der Waals surface area contributed by atoms with E-state index < -0.39 is 5.97 Å². The topological polar surface area (TPSA) is 70.2 Å². The number of H-pyrrole nitrogens is 1. The number of pyridine rings is 1. The zero-order valence-corrected chi connectivity index (χ0v) is 10.1. The molecule has 0 saturated heterocycles. The Bertz CT molecular complexity index is 502. The van der Waals surface area contributed by atoms with E-state index in [1.165, 1.54) is 6.07 Å². The predicted molar refractivity (Wildman–Crippen MR) is 64.4 cm³/mol. The highest BCUT2D eigenvalue weighted by Gasteiger charge is 2.26. The minimum Gasteiger partial charge on any atom is -0.478 e. The van der Waals surface area contributed by atoms with Crippen molar-refractivity contribution in [2.75, 3.05) is 0 Å². The molecule has 0 spiro atoms. The minimum absolute atomic E-state index is 0.175. The van der Waals surface area contributed by atoms with Gasteiger partial charge in [-0.2, -0.15) is 0 Å². The summed E-state index contributed by atoms with van der Waals surface area (Å²) in [5.74, 6) is 0.0416. The van der Waals surface area contributed by atoms with Crippen LogP contribution in [0.3, 0.4) is 0 Å². The third kappa shape index (κ3) is 2.25. The fourth-order valence-corrected chi connectivity index (χ4v) is 2.54. The maximum atomic E-state index is 11.4. The maximum absolute atomic E-state index is 11.4. The number of carbonyl (C=O) groups is 1. The van der Waals surface area contributed by atoms with Crippen LogP contribution >= 0.6 is 0 Å². The Morgan fingerprint density at radius 2 is 2.24 bits per heavy atom. The van der Waals surface area contributed by atoms with Gasteiger partial charge < -0.3 is 10.1 Å². The molecule has 1 atom stereocenters. The van der Waals surface area contributed by atoms with E-state index >= 15 is 0 Å². The Hall–Kier alpha value is -1.58. The number of nitrogens with one attached hydrogen (secondary N) is 1. The van der Waals surface area contributed by atoms with E-state index in [1.54, 1.807) is 0 Å². The van der Waals surface area contributed by atoms with Gasteiger partial charge in [0.15, 0.2) is 0 Å². The highest BCUT2D eigenvalue weighted by atomic mass is 16.4. The van der Waals surface area contributed by atoms with Crippen molar-refractivity contribution in [1.82, 2.24) is 4.98 Å². The second kappa shape index (κ2) is 4.35. The van der Waals surface area contributed by atoms with Crippen molar-refractivity contribution in [3.05, 3.63) is 33.2 Å². The van der Waals surface area contributed by atoms with E-state index in [9.17, 15) is 9.59 Å². The van der Waals surface area contributed by atoms with Crippen molar-refractivity contribution in [2.45, 2.75) is 33.1 Å². The van der Waals surface area contributed by atoms with Crippen LogP contribution in [-0.4, -0.2) is 16.1 Å². The van der Waals surface area contributed by atoms with Gasteiger partial charge in [0.1, 0.15) is 0 Å². The number of rotatable bonds is 2. The Morgan fingerprint density at radius 3 is 2.82 bits per heavy atom. The molecule has 0 aromatic carbocycles. The molecular formula is C13H17NO3. The largest absolute Gasteiger partial charge is 0.478 e. The molecule has 0 fully saturated rings. The number of aryl methyl sites for hydroxylation is 1. The molecule has 1 aromatic heterocycles. The molecule has 2 rings (SSSR count). The van der Waals surface area contributed by atoms with Gasteiger partial charge in [-0.05, 0) is 36.7 Å². The molecule has 0 radical (unpaired) electrons. The third-order valence-electron chi connectivity index (χ3n) is 3.64. The second-order valence-corrected chi connectivity index (χ2v) is 5.06. The molecule has 4 heteroatoms. The number of aromatic nitrogens is 1. The molecule has 0 saturated carbocycles. The standard InChI is InChI=1S/C13H17NO3/c1-7(2)8-3-4-11-9(5-8)10(13(16)17)6-12(15)14-11/h6-8H,3-5H2,1-2H3,(H,14,15)(H,16,17). The highest BCUT2D eigenvalue weighted by molar-refractivity contribution is 5.89. The molecule has 0 bridgehead atoms. The monoisotopic (exact) mass is 235 g/mol. The molecule has 1 unspecified atom stereocenters. The van der Waals surface area contributed by atoms with Crippen molar-refractivity contribution in [2.24, 2.45) is 11.8 Å². The van der Waals surface area contributed by atoms with Crippen LogP contribution in [0.5, 0.6) is 0 Å². The van der Waals surface area contributed by atoms with Crippen LogP contribution in [0.25, 0.3) is 0 Å². The number of carboxylic acids is 1. The van der Waals surface area contributed by atoms with Crippen molar-refractivity contribution in [3.8, 4) is 0 Å². The van der Waals surface area contributed by atoms with E-state index in [0.717, 1.165) is 30.5 Å². The van der Waals surface area contributed by atoms with Gasteiger partial charge in [0.25, 0.3) is 0 Å². The first-order chi connectivity index (χ1) is 7.99. The summed E-state index contributed by atoms with van der Waals surface area (Å²) in [5, 5.41) is 9.14. The number of aromatic carboxylic acids is 1. The average molecular weight is 235 g/mol. The van der Waals surface area contributed by atoms with Gasteiger partial charge in [-0.25, -0.2) is 4.79 Å². The first-order valence-electron chi connectivity index (χ1n) is 5.97. The molecule has 92 valence electrons. The SMILES string of the molecule is CC(C)C1CCc2[nH]c(=O)cc(C(=O)O)c2C1. The van der Waals surface area contributed by atoms with Crippen molar-refractivity contribution < 1.29 is 9.90 Å². The summed E-state index contributed by atoms with van der Waals surface area (Å²) in [7, 11) is 0. The van der Waals surface area contributed by atoms with E-state index in [1.807, 2.05) is 0 Å². The first kappa shape index (κ1) is 11.9. The lowest BCUT2D eigenvalue weighted by Gasteiger charge is -2.28. The van der Waals surface area contributed by atoms with Crippen LogP contribution in [-0.2, 0) is 12.8 Å². The Labute approximate surface area is 99.7 Å². The number of hydrogen-bond donors (Lipinski definition) is 2. The van der Waals surface area contributed by atoms with E-state index in [0.29, 0.717) is 11.8 Å². The lowest BCUT2D eigenvalue weighted by atomic mass is 9.79. The number of aromatic amines is 1. The zero-order chi connectivity index (χ0) is 12.6. The smallest absolute Gasteiger partial charge is 0.336 e. The molecule has 0 amide bonds. The molecular weight excluding hydrogens is 218 g/mol. The summed E-state index contributed by atoms with van der Waals surface area (Å²) >= 11 is 0. The summed E-state index contributed by atoms with van der Waals surface area (Å²) in [5.41, 5.74) is 1.49. The van der Waals surface area contributed by atoms with Gasteiger partial charge in [0.2, 0.25) is 5.56 Å². The average Bonchev–Trinajstić information content (AvgIpc) is 2.26. The van der Waals surface area contributed by atoms with E-state index in [-0.39, 0.29) is 11.1 Å². The van der Waals surface area contributed by atoms with Crippen LogP contribution in [0.15, 0.2) is 10.9 Å². The second-order valence-electron chi connectivity index (χ2n) is 5.06. The molecule has 17 heavy (non-hydrogen) atoms. The predicted octanol–water partition coefficient (Wildman–Crippen LogP) is 1.83. The Kier molecular flexibility index (Phi) is 3.05. The fourth-order valence-electron chi connectivity index (χ4n) is 2.54. The number of hydrogen-bond acceptors (Lipinski definition) is 2. The van der Waals surface area contributed by atoms with E-state index in [2.05, 4.69) is 18.8 Å². The molecule has 1 aliphatic rings. The van der Waals surface area contributed by atoms with Crippen molar-refractivity contribution >= 4 is 5.97 Å². The van der Waals surface area contributed by atoms with Gasteiger partial charge in [-0.3, -0.25) is 4.79 Å². The maximum Gasteiger partial charge on any atom is 0.336 e. The molecule has 1 heterocycles. The van der Waals surface area contributed by atoms with Crippen LogP contribution in [0, 0.1) is 11.8 Å². The van der Waals surface area contributed by atoms with Gasteiger partial charge >= 0.3 is 5.97 Å². The van der Waals surface area contributed by atoms with Crippen LogP contribution in [0.4, 0.5) is 0 Å². The lowest BCUT2D eigenvalue weighted by Crippen LogP contribution is -2.25. The zero-order valence-electron chi connectivity index (χ0n) is 10.1. The summed E-state index contributed by atoms with van der Waals surface area (Å²) in [6.45, 7) is 4.31. The van der Waals surface area contributed by atoms with Gasteiger partial charge in [-0.15, -0.1) is 0 Å². The number of fused-ring (bicyclic) bond motifs is 1. The highest BCUT2D eigenvalue weighted by Crippen LogP contribution is 2.30. The molecule has 2 N–H and O–H groups in total. The summed E-state index contributed by atoms with van der Waals surface area (Å²) in [4.78, 5) is 25.3. The Balaban J connectivity index is 2.48. The first-order valence-corrected chi connectivity index (χ1v) is 5.97. The minimum atomic E-state index is -1.00. The third-order valence-corrected chi connectivity index (χ3v) is 3.64. The lowest BCUT2D eigenvalue weighted by molar-refractivity contribution is 0.0694. The molecule has 1 aromatic rings. The fraction of sp³-hybridized carbons (Fsp3) is 0.538. The van der Waals surface area contributed by atoms with Gasteiger partial charge in [-0.1, -0.05) is 13.8 Å². The summed E-state index contributed by atoms with van der Waals surface area (Å²) in [6.07, 6.45) is 2.55. The quantitative estimate of drug-likeness (QED) is 0.821. The van der Waals surface area contributed by atoms with E-state index in [4.69, 9.17) is 5.11 Å². The van der Waals surface area contributed by atoms with Crippen molar-refractivity contribution in [3.63, 3.8) is 0 Å². The van der Waals surface area contributed by atoms with Crippen molar-refractivity contribution in [1.29, 1.82) is 0 Å². The molecule has 0 aliphatic heterocycles. The van der Waals surface area contributed by atoms with Crippen LogP contribution < -0.4 is 5.56 Å². The summed E-state index contributed by atoms with van der Waals surface area (Å²) < 4.78 is 0. The van der Waals surface area contributed by atoms with Crippen LogP contribution in [0.2, 0.25) is 0 Å². The molecule has 4 nitrogen and oxygen atoms in total. The normalized spacial score (nSPS) is 19.1.